The van der Waals surface area contributed by atoms with Gasteiger partial charge in [-0.3, -0.25) is 14.3 Å². The fourth-order valence-electron chi connectivity index (χ4n) is 4.43. The minimum atomic E-state index is 0.108. The van der Waals surface area contributed by atoms with Crippen molar-refractivity contribution in [3.05, 3.63) is 39.4 Å². The van der Waals surface area contributed by atoms with Crippen molar-refractivity contribution in [2.45, 2.75) is 66.5 Å². The Kier molecular flexibility index (Phi) is 6.89. The number of aromatic nitrogens is 2. The smallest absolute Gasteiger partial charge is 0.261 e. The van der Waals surface area contributed by atoms with Crippen LogP contribution in [0.2, 0.25) is 0 Å². The molecule has 5 nitrogen and oxygen atoms in total. The van der Waals surface area contributed by atoms with E-state index in [9.17, 15) is 4.79 Å². The second kappa shape index (κ2) is 9.19. The first-order valence-corrected chi connectivity index (χ1v) is 11.0. The van der Waals surface area contributed by atoms with Crippen LogP contribution in [0.15, 0.2) is 16.9 Å². The summed E-state index contributed by atoms with van der Waals surface area (Å²) in [7, 11) is 0. The molecule has 28 heavy (non-hydrogen) atoms. The summed E-state index contributed by atoms with van der Waals surface area (Å²) >= 11 is 0. The van der Waals surface area contributed by atoms with Crippen molar-refractivity contribution in [3.63, 3.8) is 0 Å². The summed E-state index contributed by atoms with van der Waals surface area (Å²) in [6.07, 6.45) is 3.30. The van der Waals surface area contributed by atoms with Crippen LogP contribution in [0.5, 0.6) is 0 Å². The molecule has 1 aliphatic heterocycles. The van der Waals surface area contributed by atoms with Gasteiger partial charge in [0.15, 0.2) is 0 Å². The fraction of sp³-hybridized carbons (Fsp3) is 0.652. The molecule has 1 aromatic carbocycles. The van der Waals surface area contributed by atoms with E-state index in [4.69, 9.17) is 4.98 Å². The van der Waals surface area contributed by atoms with Gasteiger partial charge in [-0.2, -0.15) is 0 Å². The normalized spacial score (nSPS) is 17.8. The highest BCUT2D eigenvalue weighted by molar-refractivity contribution is 5.79. The van der Waals surface area contributed by atoms with Crippen LogP contribution in [-0.4, -0.2) is 52.1 Å². The zero-order valence-corrected chi connectivity index (χ0v) is 18.3. The van der Waals surface area contributed by atoms with Crippen molar-refractivity contribution in [3.8, 4) is 0 Å². The van der Waals surface area contributed by atoms with E-state index < -0.39 is 0 Å². The third-order valence-corrected chi connectivity index (χ3v) is 6.29. The largest absolute Gasteiger partial charge is 0.302 e. The first-order chi connectivity index (χ1) is 13.5. The molecule has 1 fully saturated rings. The molecule has 1 aliphatic rings. The van der Waals surface area contributed by atoms with Crippen LogP contribution in [0.1, 0.15) is 63.0 Å². The molecule has 2 aromatic rings. The van der Waals surface area contributed by atoms with Gasteiger partial charge in [0.1, 0.15) is 5.82 Å². The van der Waals surface area contributed by atoms with Crippen LogP contribution in [0.3, 0.4) is 0 Å². The lowest BCUT2D eigenvalue weighted by Crippen LogP contribution is -2.37. The summed E-state index contributed by atoms with van der Waals surface area (Å²) < 4.78 is 1.92. The molecule has 1 saturated heterocycles. The fourth-order valence-corrected chi connectivity index (χ4v) is 4.43. The third-order valence-electron chi connectivity index (χ3n) is 6.29. The molecule has 0 amide bonds. The van der Waals surface area contributed by atoms with Gasteiger partial charge in [-0.25, -0.2) is 4.98 Å². The summed E-state index contributed by atoms with van der Waals surface area (Å²) in [5, 5.41) is 0.747. The number of benzene rings is 1. The highest BCUT2D eigenvalue weighted by atomic mass is 16.1. The summed E-state index contributed by atoms with van der Waals surface area (Å²) in [5.74, 6) is 0.954. The minimum Gasteiger partial charge on any atom is -0.302 e. The van der Waals surface area contributed by atoms with E-state index in [2.05, 4.69) is 50.5 Å². The van der Waals surface area contributed by atoms with Crippen molar-refractivity contribution in [1.29, 1.82) is 0 Å². The molecule has 0 radical (unpaired) electrons. The average Bonchev–Trinajstić information content (AvgIpc) is 2.93. The van der Waals surface area contributed by atoms with Crippen LogP contribution in [-0.2, 0) is 6.54 Å². The summed E-state index contributed by atoms with van der Waals surface area (Å²) in [4.78, 5) is 23.5. The molecule has 0 saturated carbocycles. The molecule has 2 heterocycles. The predicted octanol–water partition coefficient (Wildman–Crippen LogP) is 3.90. The number of hydrogen-bond donors (Lipinski definition) is 0. The lowest BCUT2D eigenvalue weighted by atomic mass is 10.0. The number of hydrogen-bond acceptors (Lipinski definition) is 4. The standard InChI is InChI=1S/C23H36N4O/c1-6-10-21(26-12-9-11-25(7-2)13-14-26)22-24-20-16-18(5)17(4)15-19(20)23(28)27(22)8-3/h15-16,21H,6-14H2,1-5H3. The van der Waals surface area contributed by atoms with Crippen LogP contribution in [0, 0.1) is 13.8 Å². The zero-order valence-electron chi connectivity index (χ0n) is 18.3. The van der Waals surface area contributed by atoms with Gasteiger partial charge in [-0.05, 0) is 70.0 Å². The minimum absolute atomic E-state index is 0.108. The maximum absolute atomic E-state index is 13.3. The molecule has 5 heteroatoms. The first-order valence-electron chi connectivity index (χ1n) is 11.0. The first kappa shape index (κ1) is 21.0. The highest BCUT2D eigenvalue weighted by Gasteiger charge is 2.27. The number of fused-ring (bicyclic) bond motifs is 1. The summed E-state index contributed by atoms with van der Waals surface area (Å²) in [6, 6.07) is 4.30. The van der Waals surface area contributed by atoms with E-state index in [1.54, 1.807) is 0 Å². The molecule has 0 N–H and O–H groups in total. The van der Waals surface area contributed by atoms with Crippen LogP contribution >= 0.6 is 0 Å². The van der Waals surface area contributed by atoms with Crippen molar-refractivity contribution in [2.24, 2.45) is 0 Å². The predicted molar refractivity (Wildman–Crippen MR) is 117 cm³/mol. The van der Waals surface area contributed by atoms with E-state index in [0.29, 0.717) is 6.54 Å². The molecular weight excluding hydrogens is 348 g/mol. The van der Waals surface area contributed by atoms with Crippen molar-refractivity contribution in [1.82, 2.24) is 19.4 Å². The Morgan fingerprint density at radius 1 is 1.00 bits per heavy atom. The van der Waals surface area contributed by atoms with E-state index >= 15 is 0 Å². The Bertz CT molecular complexity index is 873. The van der Waals surface area contributed by atoms with Gasteiger partial charge in [0.2, 0.25) is 0 Å². The molecule has 1 atom stereocenters. The van der Waals surface area contributed by atoms with E-state index in [1.165, 1.54) is 12.0 Å². The molecule has 0 aliphatic carbocycles. The van der Waals surface area contributed by atoms with Crippen LogP contribution in [0.4, 0.5) is 0 Å². The zero-order chi connectivity index (χ0) is 20.3. The Hall–Kier alpha value is -1.72. The number of rotatable bonds is 6. The molecule has 154 valence electrons. The molecule has 0 spiro atoms. The monoisotopic (exact) mass is 384 g/mol. The average molecular weight is 385 g/mol. The Morgan fingerprint density at radius 3 is 2.43 bits per heavy atom. The molecule has 0 bridgehead atoms. The van der Waals surface area contributed by atoms with Crippen molar-refractivity contribution >= 4 is 10.9 Å². The lowest BCUT2D eigenvalue weighted by Gasteiger charge is -2.31. The van der Waals surface area contributed by atoms with Gasteiger partial charge in [-0.1, -0.05) is 20.3 Å². The molecule has 1 unspecified atom stereocenters. The van der Waals surface area contributed by atoms with E-state index in [0.717, 1.165) is 67.9 Å². The third kappa shape index (κ3) is 4.15. The van der Waals surface area contributed by atoms with Gasteiger partial charge < -0.3 is 4.90 Å². The molecule has 3 rings (SSSR count). The second-order valence-corrected chi connectivity index (χ2v) is 8.10. The number of aryl methyl sites for hydroxylation is 2. The molecular formula is C23H36N4O. The van der Waals surface area contributed by atoms with Gasteiger partial charge >= 0.3 is 0 Å². The lowest BCUT2D eigenvalue weighted by molar-refractivity contribution is 0.177. The van der Waals surface area contributed by atoms with Gasteiger partial charge in [0, 0.05) is 26.2 Å². The van der Waals surface area contributed by atoms with Gasteiger partial charge in [-0.15, -0.1) is 0 Å². The Balaban J connectivity index is 2.09. The maximum Gasteiger partial charge on any atom is 0.261 e. The highest BCUT2D eigenvalue weighted by Crippen LogP contribution is 2.27. The van der Waals surface area contributed by atoms with Gasteiger partial charge in [0.05, 0.1) is 16.9 Å². The summed E-state index contributed by atoms with van der Waals surface area (Å²) in [5.41, 5.74) is 3.30. The summed E-state index contributed by atoms with van der Waals surface area (Å²) in [6.45, 7) is 16.8. The van der Waals surface area contributed by atoms with Gasteiger partial charge in [0.25, 0.3) is 5.56 Å². The number of nitrogens with zero attached hydrogens (tertiary/aromatic N) is 4. The van der Waals surface area contributed by atoms with Crippen molar-refractivity contribution < 1.29 is 0 Å². The topological polar surface area (TPSA) is 41.4 Å². The number of likely N-dealkylation sites (N-methyl/N-ethyl adjacent to an activating group) is 1. The Morgan fingerprint density at radius 2 is 1.75 bits per heavy atom. The maximum atomic E-state index is 13.3. The van der Waals surface area contributed by atoms with E-state index in [-0.39, 0.29) is 11.6 Å². The second-order valence-electron chi connectivity index (χ2n) is 8.10. The van der Waals surface area contributed by atoms with Crippen LogP contribution < -0.4 is 5.56 Å². The van der Waals surface area contributed by atoms with E-state index in [1.807, 2.05) is 10.6 Å². The van der Waals surface area contributed by atoms with Crippen LogP contribution in [0.25, 0.3) is 10.9 Å². The van der Waals surface area contributed by atoms with Crippen molar-refractivity contribution in [2.75, 3.05) is 32.7 Å². The SMILES string of the molecule is CCCC(c1nc2cc(C)c(C)cc2c(=O)n1CC)N1CCCN(CC)CC1. The Labute approximate surface area is 169 Å². The quantitative estimate of drug-likeness (QED) is 0.757. The molecule has 1 aromatic heterocycles.